The van der Waals surface area contributed by atoms with Gasteiger partial charge in [-0.1, -0.05) is 0 Å². The molecule has 0 atom stereocenters. The average Bonchev–Trinajstić information content (AvgIpc) is 2.19. The molecule has 0 saturated carbocycles. The number of amides is 1. The second-order valence-electron chi connectivity index (χ2n) is 3.53. The maximum Gasteiger partial charge on any atom is 0.308 e. The highest BCUT2D eigenvalue weighted by molar-refractivity contribution is 5.91. The number of carbonyl (C=O) groups is 3. The molecule has 0 heterocycles. The van der Waals surface area contributed by atoms with Gasteiger partial charge in [-0.3, -0.25) is 14.4 Å². The molecule has 1 rings (SSSR count). The molecule has 0 aliphatic carbocycles. The number of nitrogens with one attached hydrogen (secondary N) is 1. The second kappa shape index (κ2) is 5.81. The van der Waals surface area contributed by atoms with E-state index in [1.807, 2.05) is 0 Å². The smallest absolute Gasteiger partial charge is 0.308 e. The lowest BCUT2D eigenvalue weighted by molar-refractivity contribution is -0.133. The zero-order chi connectivity index (χ0) is 13.7. The summed E-state index contributed by atoms with van der Waals surface area (Å²) >= 11 is 0. The van der Waals surface area contributed by atoms with E-state index < -0.39 is 11.9 Å². The monoisotopic (exact) mass is 251 g/mol. The van der Waals surface area contributed by atoms with Crippen LogP contribution in [-0.2, 0) is 14.4 Å². The molecule has 18 heavy (non-hydrogen) atoms. The van der Waals surface area contributed by atoms with Gasteiger partial charge in [-0.15, -0.1) is 0 Å². The standard InChI is InChI=1S/C12H13NO5/c1-7(14)13-11-6-10(17-8(2)15)4-5-12(11)18-9(3)16/h4-6H,1-3H3,(H,13,14). The summed E-state index contributed by atoms with van der Waals surface area (Å²) in [7, 11) is 0. The van der Waals surface area contributed by atoms with E-state index in [9.17, 15) is 14.4 Å². The summed E-state index contributed by atoms with van der Waals surface area (Å²) in [4.78, 5) is 32.7. The predicted molar refractivity (Wildman–Crippen MR) is 63.4 cm³/mol. The zero-order valence-corrected chi connectivity index (χ0v) is 10.3. The lowest BCUT2D eigenvalue weighted by Crippen LogP contribution is -2.10. The second-order valence-corrected chi connectivity index (χ2v) is 3.53. The van der Waals surface area contributed by atoms with E-state index in [-0.39, 0.29) is 23.1 Å². The van der Waals surface area contributed by atoms with Crippen LogP contribution in [0.1, 0.15) is 20.8 Å². The molecule has 0 aliphatic heterocycles. The lowest BCUT2D eigenvalue weighted by Gasteiger charge is -2.11. The van der Waals surface area contributed by atoms with Crippen LogP contribution in [0.25, 0.3) is 0 Å². The highest BCUT2D eigenvalue weighted by Crippen LogP contribution is 2.29. The van der Waals surface area contributed by atoms with Crippen molar-refractivity contribution in [3.63, 3.8) is 0 Å². The summed E-state index contributed by atoms with van der Waals surface area (Å²) in [5.41, 5.74) is 0.261. The first-order chi connectivity index (χ1) is 8.38. The Hall–Kier alpha value is -2.37. The first-order valence-electron chi connectivity index (χ1n) is 5.17. The molecule has 1 amide bonds. The Morgan fingerprint density at radius 2 is 1.61 bits per heavy atom. The summed E-state index contributed by atoms with van der Waals surface area (Å²) in [5.74, 6) is -0.884. The fourth-order valence-electron chi connectivity index (χ4n) is 1.27. The maximum atomic E-state index is 11.0. The molecule has 0 unspecified atom stereocenters. The van der Waals surface area contributed by atoms with E-state index in [0.717, 1.165) is 0 Å². The third kappa shape index (κ3) is 4.25. The van der Waals surface area contributed by atoms with Crippen LogP contribution < -0.4 is 14.8 Å². The molecule has 0 saturated heterocycles. The van der Waals surface area contributed by atoms with Crippen LogP contribution >= 0.6 is 0 Å². The van der Waals surface area contributed by atoms with Crippen molar-refractivity contribution >= 4 is 23.5 Å². The van der Waals surface area contributed by atoms with Gasteiger partial charge in [0, 0.05) is 26.8 Å². The molecular weight excluding hydrogens is 238 g/mol. The third-order valence-electron chi connectivity index (χ3n) is 1.78. The fraction of sp³-hybridized carbons (Fsp3) is 0.250. The fourth-order valence-corrected chi connectivity index (χ4v) is 1.27. The van der Waals surface area contributed by atoms with Gasteiger partial charge in [-0.25, -0.2) is 0 Å². The summed E-state index contributed by atoms with van der Waals surface area (Å²) in [6, 6.07) is 4.30. The van der Waals surface area contributed by atoms with E-state index in [2.05, 4.69) is 5.32 Å². The minimum atomic E-state index is -0.512. The summed E-state index contributed by atoms with van der Waals surface area (Å²) < 4.78 is 9.78. The molecule has 6 nitrogen and oxygen atoms in total. The van der Waals surface area contributed by atoms with E-state index in [1.165, 1.54) is 39.0 Å². The predicted octanol–water partition coefficient (Wildman–Crippen LogP) is 1.50. The molecule has 1 N–H and O–H groups in total. The first kappa shape index (κ1) is 13.7. The van der Waals surface area contributed by atoms with E-state index in [0.29, 0.717) is 0 Å². The van der Waals surface area contributed by atoms with Gasteiger partial charge in [0.15, 0.2) is 5.75 Å². The molecule has 0 spiro atoms. The number of carbonyl (C=O) groups excluding carboxylic acids is 3. The Kier molecular flexibility index (Phi) is 4.42. The number of rotatable bonds is 3. The van der Waals surface area contributed by atoms with Gasteiger partial charge >= 0.3 is 11.9 Å². The number of anilines is 1. The minimum absolute atomic E-state index is 0.189. The molecule has 1 aromatic rings. The van der Waals surface area contributed by atoms with Crippen LogP contribution in [0.5, 0.6) is 11.5 Å². The van der Waals surface area contributed by atoms with Gasteiger partial charge in [0.05, 0.1) is 5.69 Å². The van der Waals surface area contributed by atoms with Crippen LogP contribution in [0.3, 0.4) is 0 Å². The van der Waals surface area contributed by atoms with Crippen molar-refractivity contribution in [1.82, 2.24) is 0 Å². The zero-order valence-electron chi connectivity index (χ0n) is 10.3. The van der Waals surface area contributed by atoms with E-state index in [1.54, 1.807) is 0 Å². The van der Waals surface area contributed by atoms with Gasteiger partial charge in [-0.2, -0.15) is 0 Å². The first-order valence-corrected chi connectivity index (χ1v) is 5.17. The number of hydrogen-bond donors (Lipinski definition) is 1. The van der Waals surface area contributed by atoms with Crippen LogP contribution in [0.2, 0.25) is 0 Å². The largest absolute Gasteiger partial charge is 0.427 e. The van der Waals surface area contributed by atoms with Crippen molar-refractivity contribution in [3.05, 3.63) is 18.2 Å². The SMILES string of the molecule is CC(=O)Nc1cc(OC(C)=O)ccc1OC(C)=O. The Balaban J connectivity index is 3.06. The quantitative estimate of drug-likeness (QED) is 0.650. The number of benzene rings is 1. The van der Waals surface area contributed by atoms with Crippen molar-refractivity contribution in [3.8, 4) is 11.5 Å². The van der Waals surface area contributed by atoms with Crippen LogP contribution in [0, 0.1) is 0 Å². The third-order valence-corrected chi connectivity index (χ3v) is 1.78. The van der Waals surface area contributed by atoms with Gasteiger partial charge in [0.2, 0.25) is 5.91 Å². The topological polar surface area (TPSA) is 81.7 Å². The van der Waals surface area contributed by atoms with Gasteiger partial charge in [0.1, 0.15) is 5.75 Å². The lowest BCUT2D eigenvalue weighted by atomic mass is 10.2. The van der Waals surface area contributed by atoms with Crippen molar-refractivity contribution < 1.29 is 23.9 Å². The normalized spacial score (nSPS) is 9.50. The summed E-state index contributed by atoms with van der Waals surface area (Å²) in [5, 5.41) is 2.48. The Labute approximate surface area is 104 Å². The van der Waals surface area contributed by atoms with Crippen LogP contribution in [0.4, 0.5) is 5.69 Å². The molecule has 0 bridgehead atoms. The molecule has 0 radical (unpaired) electrons. The molecular formula is C12H13NO5. The van der Waals surface area contributed by atoms with Gasteiger partial charge < -0.3 is 14.8 Å². The Morgan fingerprint density at radius 1 is 1.00 bits per heavy atom. The summed E-state index contributed by atoms with van der Waals surface area (Å²) in [6.07, 6.45) is 0. The Bertz CT molecular complexity index is 495. The number of esters is 2. The molecule has 0 aromatic heterocycles. The number of hydrogen-bond acceptors (Lipinski definition) is 5. The Morgan fingerprint density at radius 3 is 2.11 bits per heavy atom. The molecule has 1 aromatic carbocycles. The molecule has 96 valence electrons. The molecule has 0 aliphatic rings. The minimum Gasteiger partial charge on any atom is -0.427 e. The van der Waals surface area contributed by atoms with Crippen molar-refractivity contribution in [2.75, 3.05) is 5.32 Å². The van der Waals surface area contributed by atoms with Crippen LogP contribution in [-0.4, -0.2) is 17.8 Å². The van der Waals surface area contributed by atoms with E-state index >= 15 is 0 Å². The van der Waals surface area contributed by atoms with Crippen LogP contribution in [0.15, 0.2) is 18.2 Å². The molecule has 6 heteroatoms. The van der Waals surface area contributed by atoms with Crippen molar-refractivity contribution in [2.24, 2.45) is 0 Å². The molecule has 0 fully saturated rings. The van der Waals surface area contributed by atoms with Crippen molar-refractivity contribution in [1.29, 1.82) is 0 Å². The van der Waals surface area contributed by atoms with Crippen molar-refractivity contribution in [2.45, 2.75) is 20.8 Å². The maximum absolute atomic E-state index is 11.0. The van der Waals surface area contributed by atoms with Gasteiger partial charge in [0.25, 0.3) is 0 Å². The average molecular weight is 251 g/mol. The summed E-state index contributed by atoms with van der Waals surface area (Å²) in [6.45, 7) is 3.83. The van der Waals surface area contributed by atoms with Gasteiger partial charge in [-0.05, 0) is 12.1 Å². The highest BCUT2D eigenvalue weighted by atomic mass is 16.5. The highest BCUT2D eigenvalue weighted by Gasteiger charge is 2.10. The number of ether oxygens (including phenoxy) is 2. The van der Waals surface area contributed by atoms with E-state index in [4.69, 9.17) is 9.47 Å².